The molecule has 2 aromatic rings. The highest BCUT2D eigenvalue weighted by molar-refractivity contribution is 5.79. The van der Waals surface area contributed by atoms with Gasteiger partial charge in [0.2, 0.25) is 0 Å². The SMILES string of the molecule is C.C.CC(C)(C)c1cc(C(C)(C)C)c(C=O)cc1O.O=Cc1cccc(O)c1. The van der Waals surface area contributed by atoms with Gasteiger partial charge in [-0.05, 0) is 40.2 Å². The summed E-state index contributed by atoms with van der Waals surface area (Å²) in [5, 5.41) is 18.8. The highest BCUT2D eigenvalue weighted by Gasteiger charge is 2.24. The molecule has 0 amide bonds. The molecule has 2 aromatic carbocycles. The zero-order valence-corrected chi connectivity index (χ0v) is 16.3. The van der Waals surface area contributed by atoms with Crippen LogP contribution in [0.3, 0.4) is 0 Å². The van der Waals surface area contributed by atoms with Gasteiger partial charge in [-0.1, -0.05) is 74.6 Å². The third-order valence-corrected chi connectivity index (χ3v) is 3.92. The molecule has 2 rings (SSSR count). The Morgan fingerprint density at radius 1 is 0.750 bits per heavy atom. The lowest BCUT2D eigenvalue weighted by Crippen LogP contribution is -2.18. The molecule has 0 bridgehead atoms. The van der Waals surface area contributed by atoms with Crippen molar-refractivity contribution < 1.29 is 19.8 Å². The molecule has 0 unspecified atom stereocenters. The van der Waals surface area contributed by atoms with Gasteiger partial charge in [-0.15, -0.1) is 0 Å². The summed E-state index contributed by atoms with van der Waals surface area (Å²) in [6, 6.07) is 9.72. The standard InChI is InChI=1S/C15H22O2.C7H6O2.2CH4/c1-14(2,3)11-8-12(15(4,5)6)13(17)7-10(11)9-16;8-5-6-2-1-3-7(9)4-6;;/h7-9,17H,1-6H3;1-5,9H;2*1H4. The van der Waals surface area contributed by atoms with Crippen LogP contribution in [-0.4, -0.2) is 22.8 Å². The van der Waals surface area contributed by atoms with Gasteiger partial charge in [-0.25, -0.2) is 0 Å². The third-order valence-electron chi connectivity index (χ3n) is 3.92. The Morgan fingerprint density at radius 3 is 1.64 bits per heavy atom. The van der Waals surface area contributed by atoms with Crippen LogP contribution in [0.2, 0.25) is 0 Å². The minimum Gasteiger partial charge on any atom is -0.508 e. The second-order valence-corrected chi connectivity index (χ2v) is 8.29. The molecular weight excluding hydrogens is 352 g/mol. The fourth-order valence-electron chi connectivity index (χ4n) is 2.55. The number of hydrogen-bond donors (Lipinski definition) is 2. The van der Waals surface area contributed by atoms with E-state index in [0.717, 1.165) is 17.4 Å². The van der Waals surface area contributed by atoms with Crippen molar-refractivity contribution in [2.75, 3.05) is 0 Å². The minimum absolute atomic E-state index is 0. The van der Waals surface area contributed by atoms with E-state index in [1.807, 2.05) is 6.07 Å². The van der Waals surface area contributed by atoms with Crippen molar-refractivity contribution >= 4 is 12.6 Å². The smallest absolute Gasteiger partial charge is 0.150 e. The normalized spacial score (nSPS) is 10.5. The molecule has 0 heterocycles. The van der Waals surface area contributed by atoms with Crippen LogP contribution in [0.15, 0.2) is 36.4 Å². The summed E-state index contributed by atoms with van der Waals surface area (Å²) >= 11 is 0. The fourth-order valence-corrected chi connectivity index (χ4v) is 2.55. The Bertz CT molecular complexity index is 778. The zero-order valence-electron chi connectivity index (χ0n) is 16.3. The highest BCUT2D eigenvalue weighted by Crippen LogP contribution is 2.36. The first-order valence-corrected chi connectivity index (χ1v) is 8.47. The second kappa shape index (κ2) is 10.6. The van der Waals surface area contributed by atoms with Gasteiger partial charge in [0.1, 0.15) is 24.1 Å². The molecule has 0 fully saturated rings. The van der Waals surface area contributed by atoms with Crippen molar-refractivity contribution in [2.45, 2.75) is 67.2 Å². The van der Waals surface area contributed by atoms with Crippen LogP contribution in [0.25, 0.3) is 0 Å². The van der Waals surface area contributed by atoms with Crippen LogP contribution < -0.4 is 0 Å². The minimum atomic E-state index is -0.133. The van der Waals surface area contributed by atoms with Crippen LogP contribution in [0, 0.1) is 0 Å². The predicted octanol–water partition coefficient (Wildman–Crippen LogP) is 6.28. The molecular formula is C24H36O4. The molecule has 0 atom stereocenters. The van der Waals surface area contributed by atoms with Crippen LogP contribution in [0.1, 0.15) is 88.2 Å². The Morgan fingerprint density at radius 2 is 1.29 bits per heavy atom. The first kappa shape index (κ1) is 27.6. The van der Waals surface area contributed by atoms with E-state index in [4.69, 9.17) is 5.11 Å². The molecule has 0 radical (unpaired) electrons. The first-order chi connectivity index (χ1) is 11.9. The maximum absolute atomic E-state index is 11.1. The van der Waals surface area contributed by atoms with Gasteiger partial charge in [0.25, 0.3) is 0 Å². The van der Waals surface area contributed by atoms with Crippen LogP contribution >= 0.6 is 0 Å². The van der Waals surface area contributed by atoms with Crippen molar-refractivity contribution in [3.8, 4) is 11.5 Å². The number of phenolic OH excluding ortho intramolecular Hbond substituents is 2. The monoisotopic (exact) mass is 388 g/mol. The van der Waals surface area contributed by atoms with Crippen LogP contribution in [0.5, 0.6) is 11.5 Å². The van der Waals surface area contributed by atoms with Gasteiger partial charge >= 0.3 is 0 Å². The topological polar surface area (TPSA) is 74.6 Å². The number of hydrogen-bond acceptors (Lipinski definition) is 4. The number of phenols is 2. The van der Waals surface area contributed by atoms with Gasteiger partial charge in [-0.2, -0.15) is 0 Å². The van der Waals surface area contributed by atoms with Crippen molar-refractivity contribution in [2.24, 2.45) is 0 Å². The average molecular weight is 389 g/mol. The number of benzene rings is 2. The molecule has 156 valence electrons. The summed E-state index contributed by atoms with van der Waals surface area (Å²) in [6.07, 6.45) is 1.51. The lowest BCUT2D eigenvalue weighted by Gasteiger charge is -2.27. The number of carbonyl (C=O) groups excluding carboxylic acids is 2. The second-order valence-electron chi connectivity index (χ2n) is 8.29. The van der Waals surface area contributed by atoms with E-state index in [-0.39, 0.29) is 37.2 Å². The molecule has 0 saturated carbocycles. The summed E-state index contributed by atoms with van der Waals surface area (Å²) in [5.74, 6) is 0.326. The molecule has 0 aliphatic heterocycles. The number of aromatic hydroxyl groups is 2. The summed E-state index contributed by atoms with van der Waals surface area (Å²) in [6.45, 7) is 12.4. The van der Waals surface area contributed by atoms with E-state index < -0.39 is 0 Å². The van der Waals surface area contributed by atoms with Crippen molar-refractivity contribution in [1.82, 2.24) is 0 Å². The summed E-state index contributed by atoms with van der Waals surface area (Å²) in [4.78, 5) is 21.1. The van der Waals surface area contributed by atoms with E-state index in [2.05, 4.69) is 41.5 Å². The van der Waals surface area contributed by atoms with E-state index >= 15 is 0 Å². The van der Waals surface area contributed by atoms with E-state index in [1.54, 1.807) is 18.2 Å². The third kappa shape index (κ3) is 7.55. The fraction of sp³-hybridized carbons (Fsp3) is 0.417. The van der Waals surface area contributed by atoms with Crippen LogP contribution in [-0.2, 0) is 10.8 Å². The summed E-state index contributed by atoms with van der Waals surface area (Å²) in [5.41, 5.74) is 2.69. The zero-order chi connectivity index (χ0) is 20.1. The number of carbonyl (C=O) groups is 2. The van der Waals surface area contributed by atoms with Crippen LogP contribution in [0.4, 0.5) is 0 Å². The molecule has 0 aliphatic rings. The summed E-state index contributed by atoms with van der Waals surface area (Å²) in [7, 11) is 0. The van der Waals surface area contributed by atoms with E-state index in [9.17, 15) is 14.7 Å². The van der Waals surface area contributed by atoms with Gasteiger partial charge in [-0.3, -0.25) is 9.59 Å². The maximum Gasteiger partial charge on any atom is 0.150 e. The highest BCUT2D eigenvalue weighted by atomic mass is 16.3. The number of aldehydes is 2. The van der Waals surface area contributed by atoms with E-state index in [0.29, 0.717) is 17.4 Å². The van der Waals surface area contributed by atoms with Gasteiger partial charge in [0.15, 0.2) is 0 Å². The molecule has 2 N–H and O–H groups in total. The first-order valence-electron chi connectivity index (χ1n) is 8.47. The van der Waals surface area contributed by atoms with Gasteiger partial charge in [0.05, 0.1) is 0 Å². The lowest BCUT2D eigenvalue weighted by atomic mass is 9.78. The quantitative estimate of drug-likeness (QED) is 0.594. The predicted molar refractivity (Wildman–Crippen MR) is 118 cm³/mol. The van der Waals surface area contributed by atoms with Crippen molar-refractivity contribution in [3.63, 3.8) is 0 Å². The Labute approximate surface area is 170 Å². The van der Waals surface area contributed by atoms with Crippen molar-refractivity contribution in [3.05, 3.63) is 58.7 Å². The molecule has 0 aromatic heterocycles. The number of rotatable bonds is 2. The summed E-state index contributed by atoms with van der Waals surface area (Å²) < 4.78 is 0. The largest absolute Gasteiger partial charge is 0.508 e. The maximum atomic E-state index is 11.1. The van der Waals surface area contributed by atoms with Gasteiger partial charge in [0, 0.05) is 11.1 Å². The Balaban J connectivity index is 0. The molecule has 0 spiro atoms. The Kier molecular flexibility index (Phi) is 10.5. The molecule has 4 nitrogen and oxygen atoms in total. The lowest BCUT2D eigenvalue weighted by molar-refractivity contribution is 0.111. The Hall–Kier alpha value is -2.62. The van der Waals surface area contributed by atoms with Crippen molar-refractivity contribution in [1.29, 1.82) is 0 Å². The van der Waals surface area contributed by atoms with E-state index in [1.165, 1.54) is 12.1 Å². The van der Waals surface area contributed by atoms with Gasteiger partial charge < -0.3 is 10.2 Å². The average Bonchev–Trinajstić information content (AvgIpc) is 2.52. The molecule has 0 saturated heterocycles. The molecule has 4 heteroatoms. The molecule has 0 aliphatic carbocycles. The molecule has 28 heavy (non-hydrogen) atoms.